The van der Waals surface area contributed by atoms with Gasteiger partial charge in [-0.1, -0.05) is 0 Å². The molecule has 4 heteroatoms. The number of ether oxygens (including phenoxy) is 1. The first-order valence-corrected chi connectivity index (χ1v) is 5.88. The van der Waals surface area contributed by atoms with Crippen LogP contribution in [0.2, 0.25) is 0 Å². The van der Waals surface area contributed by atoms with Crippen LogP contribution in [-0.2, 0) is 0 Å². The molecule has 1 aromatic carbocycles. The van der Waals surface area contributed by atoms with Gasteiger partial charge in [-0.05, 0) is 44.2 Å². The highest BCUT2D eigenvalue weighted by atomic mass is 16.5. The molecule has 0 amide bonds. The molecule has 1 aromatic heterocycles. The van der Waals surface area contributed by atoms with Gasteiger partial charge in [-0.3, -0.25) is 4.98 Å². The topological polar surface area (TPSA) is 60.2 Å². The molecule has 94 valence electrons. The molecule has 3 N–H and O–H groups in total. The zero-order valence-corrected chi connectivity index (χ0v) is 10.6. The third kappa shape index (κ3) is 3.13. The van der Waals surface area contributed by atoms with E-state index in [1.807, 2.05) is 44.2 Å². The molecule has 1 heterocycles. The molecule has 0 spiro atoms. The molecular formula is C14H17N3O. The Balaban J connectivity index is 2.09. The van der Waals surface area contributed by atoms with E-state index in [1.54, 1.807) is 12.4 Å². The summed E-state index contributed by atoms with van der Waals surface area (Å²) in [5, 5.41) is 3.23. The predicted octanol–water partition coefficient (Wildman–Crippen LogP) is 3.19. The number of nitrogen functional groups attached to an aromatic ring is 1. The second kappa shape index (κ2) is 5.40. The Morgan fingerprint density at radius 2 is 1.89 bits per heavy atom. The predicted molar refractivity (Wildman–Crippen MR) is 74.1 cm³/mol. The van der Waals surface area contributed by atoms with Crippen LogP contribution in [-0.4, -0.2) is 11.1 Å². The maximum Gasteiger partial charge on any atom is 0.119 e. The summed E-state index contributed by atoms with van der Waals surface area (Å²) in [5.41, 5.74) is 8.25. The molecule has 0 aliphatic rings. The van der Waals surface area contributed by atoms with Gasteiger partial charge in [0.2, 0.25) is 0 Å². The normalized spacial score (nSPS) is 10.4. The second-order valence-corrected chi connectivity index (χ2v) is 4.28. The Hall–Kier alpha value is -2.23. The Kier molecular flexibility index (Phi) is 3.67. The van der Waals surface area contributed by atoms with Crippen LogP contribution in [0.15, 0.2) is 42.7 Å². The van der Waals surface area contributed by atoms with Crippen molar-refractivity contribution in [3.8, 4) is 5.75 Å². The minimum Gasteiger partial charge on any atom is -0.491 e. The summed E-state index contributed by atoms with van der Waals surface area (Å²) in [6, 6.07) is 9.61. The summed E-state index contributed by atoms with van der Waals surface area (Å²) >= 11 is 0. The first kappa shape index (κ1) is 12.2. The molecular weight excluding hydrogens is 226 g/mol. The summed E-state index contributed by atoms with van der Waals surface area (Å²) in [4.78, 5) is 3.95. The SMILES string of the molecule is CC(C)Oc1ccc(Nc2ccncc2N)cc1. The smallest absolute Gasteiger partial charge is 0.119 e. The molecule has 0 aliphatic carbocycles. The minimum atomic E-state index is 0.180. The van der Waals surface area contributed by atoms with Crippen molar-refractivity contribution >= 4 is 17.1 Å². The fourth-order valence-corrected chi connectivity index (χ4v) is 1.57. The van der Waals surface area contributed by atoms with E-state index in [0.29, 0.717) is 5.69 Å². The maximum atomic E-state index is 5.81. The van der Waals surface area contributed by atoms with Crippen molar-refractivity contribution in [2.24, 2.45) is 0 Å². The second-order valence-electron chi connectivity index (χ2n) is 4.28. The van der Waals surface area contributed by atoms with Crippen LogP contribution in [0.5, 0.6) is 5.75 Å². The monoisotopic (exact) mass is 243 g/mol. The lowest BCUT2D eigenvalue weighted by molar-refractivity contribution is 0.242. The Morgan fingerprint density at radius 1 is 1.17 bits per heavy atom. The summed E-state index contributed by atoms with van der Waals surface area (Å²) in [6.07, 6.45) is 3.51. The number of nitrogens with two attached hydrogens (primary N) is 1. The Labute approximate surface area is 107 Å². The number of aromatic nitrogens is 1. The molecule has 2 rings (SSSR count). The lowest BCUT2D eigenvalue weighted by atomic mass is 10.2. The quantitative estimate of drug-likeness (QED) is 0.865. The third-order valence-electron chi connectivity index (χ3n) is 2.36. The lowest BCUT2D eigenvalue weighted by Crippen LogP contribution is -2.05. The average molecular weight is 243 g/mol. The van der Waals surface area contributed by atoms with Gasteiger partial charge in [0.25, 0.3) is 0 Å². The molecule has 0 atom stereocenters. The van der Waals surface area contributed by atoms with Gasteiger partial charge in [-0.15, -0.1) is 0 Å². The molecule has 18 heavy (non-hydrogen) atoms. The standard InChI is InChI=1S/C14H17N3O/c1-10(2)18-12-5-3-11(4-6-12)17-14-7-8-16-9-13(14)15/h3-10H,15H2,1-2H3,(H,16,17). The fourth-order valence-electron chi connectivity index (χ4n) is 1.57. The van der Waals surface area contributed by atoms with Crippen molar-refractivity contribution in [2.45, 2.75) is 20.0 Å². The number of hydrogen-bond donors (Lipinski definition) is 2. The van der Waals surface area contributed by atoms with Crippen LogP contribution in [0.4, 0.5) is 17.1 Å². The van der Waals surface area contributed by atoms with E-state index < -0.39 is 0 Å². The van der Waals surface area contributed by atoms with E-state index in [9.17, 15) is 0 Å². The van der Waals surface area contributed by atoms with Crippen molar-refractivity contribution in [3.63, 3.8) is 0 Å². The fraction of sp³-hybridized carbons (Fsp3) is 0.214. The van der Waals surface area contributed by atoms with Crippen LogP contribution in [0.25, 0.3) is 0 Å². The van der Waals surface area contributed by atoms with E-state index in [-0.39, 0.29) is 6.10 Å². The van der Waals surface area contributed by atoms with Crippen LogP contribution >= 0.6 is 0 Å². The molecule has 0 unspecified atom stereocenters. The van der Waals surface area contributed by atoms with Crippen LogP contribution in [0.1, 0.15) is 13.8 Å². The first-order chi connectivity index (χ1) is 8.65. The van der Waals surface area contributed by atoms with Gasteiger partial charge in [-0.25, -0.2) is 0 Å². The molecule has 2 aromatic rings. The van der Waals surface area contributed by atoms with Crippen LogP contribution in [0.3, 0.4) is 0 Å². The van der Waals surface area contributed by atoms with Crippen molar-refractivity contribution in [3.05, 3.63) is 42.7 Å². The first-order valence-electron chi connectivity index (χ1n) is 5.88. The van der Waals surface area contributed by atoms with E-state index >= 15 is 0 Å². The number of rotatable bonds is 4. The lowest BCUT2D eigenvalue weighted by Gasteiger charge is -2.11. The highest BCUT2D eigenvalue weighted by Gasteiger charge is 2.00. The number of nitrogens with one attached hydrogen (secondary N) is 1. The van der Waals surface area contributed by atoms with Crippen LogP contribution in [0, 0.1) is 0 Å². The maximum absolute atomic E-state index is 5.81. The van der Waals surface area contributed by atoms with Gasteiger partial charge < -0.3 is 15.8 Å². The molecule has 0 bridgehead atoms. The van der Waals surface area contributed by atoms with E-state index in [1.165, 1.54) is 0 Å². The average Bonchev–Trinajstić information content (AvgIpc) is 2.34. The van der Waals surface area contributed by atoms with Gasteiger partial charge in [-0.2, -0.15) is 0 Å². The molecule has 0 saturated carbocycles. The van der Waals surface area contributed by atoms with E-state index in [2.05, 4.69) is 10.3 Å². The van der Waals surface area contributed by atoms with E-state index in [0.717, 1.165) is 17.1 Å². The van der Waals surface area contributed by atoms with Gasteiger partial charge >= 0.3 is 0 Å². The zero-order valence-electron chi connectivity index (χ0n) is 10.6. The summed E-state index contributed by atoms with van der Waals surface area (Å²) < 4.78 is 5.58. The Morgan fingerprint density at radius 3 is 2.50 bits per heavy atom. The zero-order chi connectivity index (χ0) is 13.0. The van der Waals surface area contributed by atoms with Gasteiger partial charge in [0.1, 0.15) is 5.75 Å². The molecule has 0 fully saturated rings. The molecule has 4 nitrogen and oxygen atoms in total. The van der Waals surface area contributed by atoms with Crippen molar-refractivity contribution in [1.29, 1.82) is 0 Å². The van der Waals surface area contributed by atoms with Gasteiger partial charge in [0.15, 0.2) is 0 Å². The van der Waals surface area contributed by atoms with Crippen molar-refractivity contribution in [2.75, 3.05) is 11.1 Å². The van der Waals surface area contributed by atoms with Crippen LogP contribution < -0.4 is 15.8 Å². The Bertz CT molecular complexity index is 509. The molecule has 0 saturated heterocycles. The number of anilines is 3. The van der Waals surface area contributed by atoms with Gasteiger partial charge in [0.05, 0.1) is 23.7 Å². The highest BCUT2D eigenvalue weighted by molar-refractivity contribution is 5.71. The molecule has 0 aliphatic heterocycles. The molecule has 0 radical (unpaired) electrons. The largest absolute Gasteiger partial charge is 0.491 e. The van der Waals surface area contributed by atoms with E-state index in [4.69, 9.17) is 10.5 Å². The number of benzene rings is 1. The number of nitrogens with zero attached hydrogens (tertiary/aromatic N) is 1. The number of pyridine rings is 1. The summed E-state index contributed by atoms with van der Waals surface area (Å²) in [7, 11) is 0. The third-order valence-corrected chi connectivity index (χ3v) is 2.36. The highest BCUT2D eigenvalue weighted by Crippen LogP contribution is 2.23. The van der Waals surface area contributed by atoms with Gasteiger partial charge in [0, 0.05) is 11.9 Å². The minimum absolute atomic E-state index is 0.180. The summed E-state index contributed by atoms with van der Waals surface area (Å²) in [5.74, 6) is 0.859. The van der Waals surface area contributed by atoms with Crippen molar-refractivity contribution < 1.29 is 4.74 Å². The number of hydrogen-bond acceptors (Lipinski definition) is 4. The van der Waals surface area contributed by atoms with Crippen molar-refractivity contribution in [1.82, 2.24) is 4.98 Å². The summed E-state index contributed by atoms with van der Waals surface area (Å²) in [6.45, 7) is 4.01.